The van der Waals surface area contributed by atoms with Crippen LogP contribution in [-0.4, -0.2) is 23.1 Å². The topological polar surface area (TPSA) is 50.2 Å². The van der Waals surface area contributed by atoms with Crippen molar-refractivity contribution >= 4 is 21.6 Å². The third-order valence-corrected chi connectivity index (χ3v) is 6.34. The largest absolute Gasteiger partial charge is 0.328 e. The fourth-order valence-corrected chi connectivity index (χ4v) is 5.37. The molecule has 118 valence electrons. The molecule has 0 spiro atoms. The molecule has 3 heterocycles. The number of hydrogen-bond donors (Lipinski definition) is 2. The Hall–Kier alpha value is -1.20. The van der Waals surface area contributed by atoms with E-state index in [9.17, 15) is 4.79 Å². The van der Waals surface area contributed by atoms with E-state index in [1.165, 1.54) is 49.2 Å². The van der Waals surface area contributed by atoms with Gasteiger partial charge in [-0.25, -0.2) is 4.98 Å². The number of aromatic amines is 1. The van der Waals surface area contributed by atoms with Crippen molar-refractivity contribution in [3.63, 3.8) is 0 Å². The number of thiophene rings is 1. The van der Waals surface area contributed by atoms with Gasteiger partial charge in [0.25, 0.3) is 5.56 Å². The summed E-state index contributed by atoms with van der Waals surface area (Å²) in [6.45, 7) is 5.58. The molecule has 0 bridgehead atoms. The van der Waals surface area contributed by atoms with Crippen LogP contribution in [0.1, 0.15) is 48.9 Å². The van der Waals surface area contributed by atoms with Crippen molar-refractivity contribution < 1.29 is 4.90 Å². The number of nitrogens with one attached hydrogen (secondary N) is 2. The molecule has 2 aromatic heterocycles. The summed E-state index contributed by atoms with van der Waals surface area (Å²) in [5, 5.41) is 0.880. The predicted octanol–water partition coefficient (Wildman–Crippen LogP) is 1.68. The lowest BCUT2D eigenvalue weighted by Crippen LogP contribution is -3.12. The van der Waals surface area contributed by atoms with Crippen molar-refractivity contribution in [2.75, 3.05) is 13.1 Å². The number of aryl methyl sites for hydroxylation is 2. The second-order valence-corrected chi connectivity index (χ2v) is 8.12. The van der Waals surface area contributed by atoms with E-state index in [-0.39, 0.29) is 5.56 Å². The summed E-state index contributed by atoms with van der Waals surface area (Å²) >= 11 is 1.75. The zero-order valence-electron chi connectivity index (χ0n) is 13.2. The summed E-state index contributed by atoms with van der Waals surface area (Å²) in [5.41, 5.74) is 1.37. The summed E-state index contributed by atoms with van der Waals surface area (Å²) in [5.74, 6) is 1.66. The number of rotatable bonds is 2. The van der Waals surface area contributed by atoms with Gasteiger partial charge in [-0.1, -0.05) is 6.92 Å². The van der Waals surface area contributed by atoms with Crippen LogP contribution in [0.2, 0.25) is 0 Å². The molecule has 2 aliphatic rings. The first-order chi connectivity index (χ1) is 10.7. The number of fused-ring (bicyclic) bond motifs is 3. The van der Waals surface area contributed by atoms with E-state index in [1.54, 1.807) is 16.2 Å². The van der Waals surface area contributed by atoms with E-state index in [0.717, 1.165) is 41.3 Å². The summed E-state index contributed by atoms with van der Waals surface area (Å²) in [6, 6.07) is 0. The van der Waals surface area contributed by atoms with E-state index in [2.05, 4.69) is 11.9 Å². The van der Waals surface area contributed by atoms with E-state index < -0.39 is 0 Å². The Morgan fingerprint density at radius 3 is 3.05 bits per heavy atom. The monoisotopic (exact) mass is 318 g/mol. The van der Waals surface area contributed by atoms with Gasteiger partial charge in [0, 0.05) is 10.8 Å². The molecule has 5 heteroatoms. The molecule has 4 rings (SSSR count). The Morgan fingerprint density at radius 1 is 1.32 bits per heavy atom. The van der Waals surface area contributed by atoms with Gasteiger partial charge in [0.05, 0.1) is 18.5 Å². The average Bonchev–Trinajstić information content (AvgIpc) is 2.85. The Labute approximate surface area is 134 Å². The van der Waals surface area contributed by atoms with Gasteiger partial charge in [-0.3, -0.25) is 4.79 Å². The average molecular weight is 318 g/mol. The fraction of sp³-hybridized carbons (Fsp3) is 0.647. The van der Waals surface area contributed by atoms with E-state index >= 15 is 0 Å². The molecule has 2 aromatic rings. The highest BCUT2D eigenvalue weighted by atomic mass is 32.1. The Morgan fingerprint density at radius 2 is 2.18 bits per heavy atom. The number of piperidine rings is 1. The lowest BCUT2D eigenvalue weighted by molar-refractivity contribution is -0.922. The highest BCUT2D eigenvalue weighted by molar-refractivity contribution is 7.18. The number of nitrogens with zero attached hydrogens (tertiary/aromatic N) is 1. The van der Waals surface area contributed by atoms with Gasteiger partial charge in [0.2, 0.25) is 0 Å². The van der Waals surface area contributed by atoms with Crippen molar-refractivity contribution in [1.82, 2.24) is 9.97 Å². The maximum Gasteiger partial charge on any atom is 0.260 e. The van der Waals surface area contributed by atoms with Gasteiger partial charge >= 0.3 is 0 Å². The van der Waals surface area contributed by atoms with E-state index in [0.29, 0.717) is 0 Å². The molecule has 1 fully saturated rings. The van der Waals surface area contributed by atoms with Crippen LogP contribution in [0, 0.1) is 5.92 Å². The van der Waals surface area contributed by atoms with Crippen LogP contribution in [0.15, 0.2) is 4.79 Å². The van der Waals surface area contributed by atoms with Crippen LogP contribution in [-0.2, 0) is 19.4 Å². The molecular formula is C17H24N3OS+. The van der Waals surface area contributed by atoms with Crippen molar-refractivity contribution in [2.24, 2.45) is 5.92 Å². The minimum atomic E-state index is 0.0869. The summed E-state index contributed by atoms with van der Waals surface area (Å²) in [4.78, 5) is 24.3. The van der Waals surface area contributed by atoms with Gasteiger partial charge in [-0.2, -0.15) is 0 Å². The minimum absolute atomic E-state index is 0.0869. The van der Waals surface area contributed by atoms with Crippen molar-refractivity contribution in [3.05, 3.63) is 26.6 Å². The first-order valence-electron chi connectivity index (χ1n) is 8.57. The van der Waals surface area contributed by atoms with Gasteiger partial charge in [0.1, 0.15) is 11.4 Å². The zero-order valence-corrected chi connectivity index (χ0v) is 14.0. The van der Waals surface area contributed by atoms with Gasteiger partial charge in [-0.05, 0) is 44.1 Å². The highest BCUT2D eigenvalue weighted by Crippen LogP contribution is 2.33. The SMILES string of the molecule is C[C@H]1CCC[NH+](Cc2nc3sc4c(c3c(=O)[nH]2)CCCC4)C1. The van der Waals surface area contributed by atoms with E-state index in [4.69, 9.17) is 4.98 Å². The Balaban J connectivity index is 1.67. The van der Waals surface area contributed by atoms with Gasteiger partial charge in [-0.15, -0.1) is 11.3 Å². The fourth-order valence-electron chi connectivity index (χ4n) is 4.09. The molecule has 0 aromatic carbocycles. The van der Waals surface area contributed by atoms with Gasteiger partial charge in [0.15, 0.2) is 5.82 Å². The Bertz CT molecular complexity index is 748. The molecule has 1 aliphatic heterocycles. The van der Waals surface area contributed by atoms with Crippen LogP contribution in [0.25, 0.3) is 10.2 Å². The lowest BCUT2D eigenvalue weighted by atomic mass is 9.97. The van der Waals surface area contributed by atoms with Crippen LogP contribution < -0.4 is 10.5 Å². The summed E-state index contributed by atoms with van der Waals surface area (Å²) < 4.78 is 0. The molecule has 1 saturated heterocycles. The second-order valence-electron chi connectivity index (χ2n) is 7.03. The molecule has 22 heavy (non-hydrogen) atoms. The standard InChI is InChI=1S/C17H23N3OS/c1-11-5-4-8-20(9-11)10-14-18-16(21)15-12-6-2-3-7-13(12)22-17(15)19-14/h11H,2-10H2,1H3,(H,18,19,21)/p+1/t11-/m0/s1. The minimum Gasteiger partial charge on any atom is -0.328 e. The first kappa shape index (κ1) is 14.4. The quantitative estimate of drug-likeness (QED) is 0.885. The van der Waals surface area contributed by atoms with Crippen molar-refractivity contribution in [3.8, 4) is 0 Å². The van der Waals surface area contributed by atoms with Crippen molar-refractivity contribution in [1.29, 1.82) is 0 Å². The number of H-pyrrole nitrogens is 1. The number of hydrogen-bond acceptors (Lipinski definition) is 3. The highest BCUT2D eigenvalue weighted by Gasteiger charge is 2.23. The number of quaternary nitrogens is 1. The molecular weight excluding hydrogens is 294 g/mol. The van der Waals surface area contributed by atoms with Crippen LogP contribution >= 0.6 is 11.3 Å². The maximum absolute atomic E-state index is 12.5. The third kappa shape index (κ3) is 2.61. The molecule has 0 radical (unpaired) electrons. The second kappa shape index (κ2) is 5.78. The number of aromatic nitrogens is 2. The van der Waals surface area contributed by atoms with Crippen LogP contribution in [0.4, 0.5) is 0 Å². The zero-order chi connectivity index (χ0) is 15.1. The normalized spacial score (nSPS) is 25.3. The Kier molecular flexibility index (Phi) is 3.78. The van der Waals surface area contributed by atoms with Crippen LogP contribution in [0.3, 0.4) is 0 Å². The molecule has 2 N–H and O–H groups in total. The molecule has 1 aliphatic carbocycles. The first-order valence-corrected chi connectivity index (χ1v) is 9.39. The molecule has 1 unspecified atom stereocenters. The summed E-state index contributed by atoms with van der Waals surface area (Å²) in [7, 11) is 0. The molecule has 2 atom stereocenters. The van der Waals surface area contributed by atoms with Gasteiger partial charge < -0.3 is 9.88 Å². The molecule has 4 nitrogen and oxygen atoms in total. The van der Waals surface area contributed by atoms with Crippen LogP contribution in [0.5, 0.6) is 0 Å². The van der Waals surface area contributed by atoms with E-state index in [1.807, 2.05) is 0 Å². The maximum atomic E-state index is 12.5. The van der Waals surface area contributed by atoms with Crippen molar-refractivity contribution in [2.45, 2.75) is 52.0 Å². The molecule has 0 saturated carbocycles. The third-order valence-electron chi connectivity index (χ3n) is 5.16. The molecule has 0 amide bonds. The number of likely N-dealkylation sites (tertiary alicyclic amines) is 1. The smallest absolute Gasteiger partial charge is 0.260 e. The lowest BCUT2D eigenvalue weighted by Gasteiger charge is -2.27. The summed E-state index contributed by atoms with van der Waals surface area (Å²) in [6.07, 6.45) is 7.25. The predicted molar refractivity (Wildman–Crippen MR) is 89.7 cm³/mol.